The number of para-hydroxylation sites is 1. The number of amides is 1. The number of aromatic nitrogens is 4. The van der Waals surface area contributed by atoms with Gasteiger partial charge in [-0.1, -0.05) is 43.4 Å². The number of carbonyl (C=O) groups is 1. The van der Waals surface area contributed by atoms with Crippen LogP contribution in [0.25, 0.3) is 4.96 Å². The van der Waals surface area contributed by atoms with Crippen molar-refractivity contribution in [2.45, 2.75) is 45.4 Å². The molecule has 0 aliphatic heterocycles. The van der Waals surface area contributed by atoms with Crippen molar-refractivity contribution in [3.8, 4) is 0 Å². The van der Waals surface area contributed by atoms with Gasteiger partial charge < -0.3 is 5.32 Å². The molecule has 0 bridgehead atoms. The summed E-state index contributed by atoms with van der Waals surface area (Å²) < 4.78 is 1.73. The topological polar surface area (TPSA) is 72.2 Å². The third kappa shape index (κ3) is 2.58. The Morgan fingerprint density at radius 2 is 1.96 bits per heavy atom. The molecule has 6 nitrogen and oxygen atoms in total. The average molecular weight is 341 g/mol. The molecule has 1 aromatic carbocycles. The second-order valence-corrected chi connectivity index (χ2v) is 7.00. The molecule has 0 unspecified atom stereocenters. The zero-order chi connectivity index (χ0) is 16.7. The van der Waals surface area contributed by atoms with E-state index in [0.717, 1.165) is 48.3 Å². The molecule has 1 N–H and O–H groups in total. The Balaban J connectivity index is 1.65. The molecular formula is C17H19N5OS. The zero-order valence-corrected chi connectivity index (χ0v) is 14.6. The van der Waals surface area contributed by atoms with Gasteiger partial charge in [-0.2, -0.15) is 4.52 Å². The number of anilines is 1. The Morgan fingerprint density at radius 1 is 1.25 bits per heavy atom. The Bertz CT molecular complexity index is 887. The second-order valence-electron chi connectivity index (χ2n) is 6.05. The van der Waals surface area contributed by atoms with Crippen LogP contribution in [0.2, 0.25) is 0 Å². The number of aryl methyl sites for hydroxylation is 2. The van der Waals surface area contributed by atoms with Crippen LogP contribution in [-0.4, -0.2) is 25.7 Å². The number of rotatable bonds is 5. The van der Waals surface area contributed by atoms with Crippen molar-refractivity contribution in [2.24, 2.45) is 0 Å². The molecule has 0 atom stereocenters. The van der Waals surface area contributed by atoms with Gasteiger partial charge in [-0.15, -0.1) is 15.3 Å². The lowest BCUT2D eigenvalue weighted by Crippen LogP contribution is -2.15. The third-order valence-electron chi connectivity index (χ3n) is 4.39. The molecule has 24 heavy (non-hydrogen) atoms. The van der Waals surface area contributed by atoms with Gasteiger partial charge in [0.25, 0.3) is 5.91 Å². The Hall–Kier alpha value is -2.28. The van der Waals surface area contributed by atoms with Crippen molar-refractivity contribution >= 4 is 27.9 Å². The van der Waals surface area contributed by atoms with Crippen LogP contribution in [0.4, 0.5) is 5.69 Å². The number of nitrogens with zero attached hydrogens (tertiary/aromatic N) is 4. The Labute approximate surface area is 143 Å². The van der Waals surface area contributed by atoms with Crippen LogP contribution in [0.3, 0.4) is 0 Å². The highest BCUT2D eigenvalue weighted by Crippen LogP contribution is 2.39. The molecule has 0 radical (unpaired) electrons. The summed E-state index contributed by atoms with van der Waals surface area (Å²) in [6.45, 7) is 4.19. The molecule has 2 heterocycles. The molecule has 1 saturated carbocycles. The highest BCUT2D eigenvalue weighted by Gasteiger charge is 2.30. The fourth-order valence-electron chi connectivity index (χ4n) is 2.89. The predicted molar refractivity (Wildman–Crippen MR) is 93.8 cm³/mol. The summed E-state index contributed by atoms with van der Waals surface area (Å²) in [7, 11) is 0. The van der Waals surface area contributed by atoms with Gasteiger partial charge in [-0.25, -0.2) is 0 Å². The standard InChI is InChI=1S/C17H19N5OS/c1-3-10-6-5-7-11(4-2)13(10)18-15(23)16-21-22-14(12-8-9-12)19-20-17(22)24-16/h5-7,12H,3-4,8-9H2,1-2H3,(H,18,23). The molecular weight excluding hydrogens is 322 g/mol. The van der Waals surface area contributed by atoms with Crippen LogP contribution in [-0.2, 0) is 12.8 Å². The molecule has 1 aliphatic carbocycles. The molecule has 4 rings (SSSR count). The first-order valence-electron chi connectivity index (χ1n) is 8.35. The normalized spacial score (nSPS) is 14.2. The highest BCUT2D eigenvalue weighted by molar-refractivity contribution is 7.18. The van der Waals surface area contributed by atoms with Crippen molar-refractivity contribution in [1.29, 1.82) is 0 Å². The summed E-state index contributed by atoms with van der Waals surface area (Å²) in [5.74, 6) is 1.15. The molecule has 7 heteroatoms. The number of nitrogens with one attached hydrogen (secondary N) is 1. The fraction of sp³-hybridized carbons (Fsp3) is 0.412. The van der Waals surface area contributed by atoms with Crippen LogP contribution in [0.1, 0.15) is 59.4 Å². The van der Waals surface area contributed by atoms with E-state index in [4.69, 9.17) is 0 Å². The first-order valence-corrected chi connectivity index (χ1v) is 9.17. The highest BCUT2D eigenvalue weighted by atomic mass is 32.1. The van der Waals surface area contributed by atoms with E-state index in [0.29, 0.717) is 15.9 Å². The molecule has 1 fully saturated rings. The van der Waals surface area contributed by atoms with E-state index in [1.54, 1.807) is 4.52 Å². The summed E-state index contributed by atoms with van der Waals surface area (Å²) in [5.41, 5.74) is 3.20. The van der Waals surface area contributed by atoms with Gasteiger partial charge in [0.2, 0.25) is 9.97 Å². The maximum Gasteiger partial charge on any atom is 0.286 e. The summed E-state index contributed by atoms with van der Waals surface area (Å²) >= 11 is 1.28. The van der Waals surface area contributed by atoms with Gasteiger partial charge >= 0.3 is 0 Å². The molecule has 1 aliphatic rings. The number of hydrogen-bond acceptors (Lipinski definition) is 5. The van der Waals surface area contributed by atoms with Crippen molar-refractivity contribution in [1.82, 2.24) is 19.8 Å². The smallest absolute Gasteiger partial charge is 0.286 e. The minimum atomic E-state index is -0.178. The number of hydrogen-bond donors (Lipinski definition) is 1. The van der Waals surface area contributed by atoms with Gasteiger partial charge in [0.15, 0.2) is 5.82 Å². The van der Waals surface area contributed by atoms with Crippen molar-refractivity contribution in [2.75, 3.05) is 5.32 Å². The molecule has 0 saturated heterocycles. The zero-order valence-electron chi connectivity index (χ0n) is 13.7. The quantitative estimate of drug-likeness (QED) is 0.771. The number of carbonyl (C=O) groups excluding carboxylic acids is 1. The van der Waals surface area contributed by atoms with E-state index in [1.165, 1.54) is 11.3 Å². The monoisotopic (exact) mass is 341 g/mol. The predicted octanol–water partition coefficient (Wildman–Crippen LogP) is 3.44. The van der Waals surface area contributed by atoms with Crippen LogP contribution >= 0.6 is 11.3 Å². The third-order valence-corrected chi connectivity index (χ3v) is 5.29. The number of fused-ring (bicyclic) bond motifs is 1. The van der Waals surface area contributed by atoms with E-state index >= 15 is 0 Å². The van der Waals surface area contributed by atoms with Crippen molar-refractivity contribution in [3.63, 3.8) is 0 Å². The van der Waals surface area contributed by atoms with Crippen LogP contribution in [0, 0.1) is 0 Å². The SMILES string of the molecule is CCc1cccc(CC)c1NC(=O)c1nn2c(C3CC3)nnc2s1. The van der Waals surface area contributed by atoms with Gasteiger partial charge in [-0.05, 0) is 36.8 Å². The molecule has 124 valence electrons. The Morgan fingerprint density at radius 3 is 2.58 bits per heavy atom. The van der Waals surface area contributed by atoms with Crippen molar-refractivity contribution < 1.29 is 4.79 Å². The van der Waals surface area contributed by atoms with E-state index in [1.807, 2.05) is 6.07 Å². The summed E-state index contributed by atoms with van der Waals surface area (Å²) in [6.07, 6.45) is 4.01. The number of benzene rings is 1. The molecule has 2 aromatic heterocycles. The van der Waals surface area contributed by atoms with E-state index in [9.17, 15) is 4.79 Å². The average Bonchev–Trinajstić information content (AvgIpc) is 3.22. The van der Waals surface area contributed by atoms with E-state index < -0.39 is 0 Å². The van der Waals surface area contributed by atoms with E-state index in [2.05, 4.69) is 46.6 Å². The Kier molecular flexibility index (Phi) is 3.80. The van der Waals surface area contributed by atoms with Crippen LogP contribution in [0.15, 0.2) is 18.2 Å². The first kappa shape index (κ1) is 15.3. The van der Waals surface area contributed by atoms with Crippen molar-refractivity contribution in [3.05, 3.63) is 40.2 Å². The van der Waals surface area contributed by atoms with Gasteiger partial charge in [0.1, 0.15) is 0 Å². The van der Waals surface area contributed by atoms with Gasteiger partial charge in [0.05, 0.1) is 0 Å². The summed E-state index contributed by atoms with van der Waals surface area (Å²) in [4.78, 5) is 13.4. The lowest BCUT2D eigenvalue weighted by molar-refractivity contribution is 0.102. The molecule has 1 amide bonds. The minimum Gasteiger partial charge on any atom is -0.319 e. The fourth-order valence-corrected chi connectivity index (χ4v) is 3.63. The summed E-state index contributed by atoms with van der Waals surface area (Å²) in [5, 5.41) is 16.3. The second kappa shape index (κ2) is 5.98. The first-order chi connectivity index (χ1) is 11.7. The summed E-state index contributed by atoms with van der Waals surface area (Å²) in [6, 6.07) is 6.15. The maximum absolute atomic E-state index is 12.7. The molecule has 0 spiro atoms. The lowest BCUT2D eigenvalue weighted by Gasteiger charge is -2.13. The van der Waals surface area contributed by atoms with Crippen LogP contribution in [0.5, 0.6) is 0 Å². The van der Waals surface area contributed by atoms with Gasteiger partial charge in [-0.3, -0.25) is 4.79 Å². The molecule has 3 aromatic rings. The van der Waals surface area contributed by atoms with E-state index in [-0.39, 0.29) is 5.91 Å². The lowest BCUT2D eigenvalue weighted by atomic mass is 10.0. The minimum absolute atomic E-state index is 0.178. The maximum atomic E-state index is 12.7. The van der Waals surface area contributed by atoms with Crippen LogP contribution < -0.4 is 5.32 Å². The largest absolute Gasteiger partial charge is 0.319 e. The van der Waals surface area contributed by atoms with Gasteiger partial charge in [0, 0.05) is 11.6 Å².